The van der Waals surface area contributed by atoms with Gasteiger partial charge in [-0.05, 0) is 55.8 Å². The van der Waals surface area contributed by atoms with E-state index in [2.05, 4.69) is 46.8 Å². The molecule has 0 unspecified atom stereocenters. The molecule has 3 nitrogen and oxygen atoms in total. The van der Waals surface area contributed by atoms with Gasteiger partial charge >= 0.3 is 0 Å². The molecule has 0 amide bonds. The molecule has 2 N–H and O–H groups in total. The summed E-state index contributed by atoms with van der Waals surface area (Å²) in [5.41, 5.74) is 1.29. The second-order valence-electron chi connectivity index (χ2n) is 5.41. The smallest absolute Gasteiger partial charge is 0.134 e. The molecule has 0 aliphatic carbocycles. The molecule has 1 saturated heterocycles. The predicted molar refractivity (Wildman–Crippen MR) is 80.6 cm³/mol. The lowest BCUT2D eigenvalue weighted by Gasteiger charge is -2.23. The van der Waals surface area contributed by atoms with Gasteiger partial charge in [0, 0.05) is 18.1 Å². The molecule has 100 valence electrons. The molecule has 0 atom stereocenters. The zero-order valence-electron chi connectivity index (χ0n) is 11.4. The highest BCUT2D eigenvalue weighted by Crippen LogP contribution is 2.25. The van der Waals surface area contributed by atoms with E-state index in [1.165, 1.54) is 29.2 Å². The van der Waals surface area contributed by atoms with E-state index < -0.39 is 0 Å². The predicted octanol–water partition coefficient (Wildman–Crippen LogP) is 2.95. The Kier molecular flexibility index (Phi) is 3.65. The third kappa shape index (κ3) is 2.71. The lowest BCUT2D eigenvalue weighted by molar-refractivity contribution is 0.389. The Hall–Kier alpha value is -1.61. The first-order valence-electron chi connectivity index (χ1n) is 7.13. The first-order chi connectivity index (χ1) is 9.34. The number of aromatic nitrogens is 1. The molecule has 1 aromatic carbocycles. The minimum atomic E-state index is 0.766. The zero-order valence-corrected chi connectivity index (χ0v) is 11.4. The molecule has 0 saturated carbocycles. The zero-order chi connectivity index (χ0) is 13.1. The summed E-state index contributed by atoms with van der Waals surface area (Å²) in [7, 11) is 0. The standard InChI is InChI=1S/C16H21N3/c1-12-3-2-4-14-7-10-18-16(15(12)14)19-11-13-5-8-17-9-6-13/h2-4,7,10,13,17H,5-6,8-9,11H2,1H3,(H,18,19). The van der Waals surface area contributed by atoms with E-state index in [0.29, 0.717) is 0 Å². The van der Waals surface area contributed by atoms with Crippen LogP contribution in [-0.2, 0) is 0 Å². The largest absolute Gasteiger partial charge is 0.369 e. The average Bonchev–Trinajstić information content (AvgIpc) is 2.46. The van der Waals surface area contributed by atoms with Crippen molar-refractivity contribution in [1.29, 1.82) is 0 Å². The number of nitrogens with zero attached hydrogens (tertiary/aromatic N) is 1. The fraction of sp³-hybridized carbons (Fsp3) is 0.438. The van der Waals surface area contributed by atoms with Crippen LogP contribution >= 0.6 is 0 Å². The first kappa shape index (κ1) is 12.4. The maximum absolute atomic E-state index is 4.53. The maximum Gasteiger partial charge on any atom is 0.134 e. The molecular formula is C16H21N3. The Balaban J connectivity index is 1.80. The molecule has 1 aliphatic heterocycles. The summed E-state index contributed by atoms with van der Waals surface area (Å²) >= 11 is 0. The fourth-order valence-electron chi connectivity index (χ4n) is 2.87. The van der Waals surface area contributed by atoms with Crippen molar-refractivity contribution in [3.8, 4) is 0 Å². The van der Waals surface area contributed by atoms with E-state index in [0.717, 1.165) is 31.4 Å². The van der Waals surface area contributed by atoms with Gasteiger partial charge in [0.05, 0.1) is 0 Å². The van der Waals surface area contributed by atoms with Gasteiger partial charge in [-0.1, -0.05) is 18.2 Å². The van der Waals surface area contributed by atoms with Gasteiger partial charge < -0.3 is 10.6 Å². The first-order valence-corrected chi connectivity index (χ1v) is 7.13. The van der Waals surface area contributed by atoms with Gasteiger partial charge in [0.15, 0.2) is 0 Å². The summed E-state index contributed by atoms with van der Waals surface area (Å²) in [5, 5.41) is 9.50. The number of rotatable bonds is 3. The van der Waals surface area contributed by atoms with Crippen LogP contribution < -0.4 is 10.6 Å². The molecule has 0 spiro atoms. The number of piperidine rings is 1. The van der Waals surface area contributed by atoms with Gasteiger partial charge in [-0.15, -0.1) is 0 Å². The minimum absolute atomic E-state index is 0.766. The van der Waals surface area contributed by atoms with Crippen LogP contribution in [0.1, 0.15) is 18.4 Å². The number of anilines is 1. The van der Waals surface area contributed by atoms with Crippen molar-refractivity contribution in [1.82, 2.24) is 10.3 Å². The van der Waals surface area contributed by atoms with E-state index in [-0.39, 0.29) is 0 Å². The highest BCUT2D eigenvalue weighted by atomic mass is 15.0. The van der Waals surface area contributed by atoms with E-state index in [1.807, 2.05) is 6.20 Å². The van der Waals surface area contributed by atoms with Crippen LogP contribution in [0.25, 0.3) is 10.8 Å². The average molecular weight is 255 g/mol. The van der Waals surface area contributed by atoms with Gasteiger partial charge in [0.25, 0.3) is 0 Å². The lowest BCUT2D eigenvalue weighted by Crippen LogP contribution is -2.31. The van der Waals surface area contributed by atoms with Crippen LogP contribution in [0.4, 0.5) is 5.82 Å². The Morgan fingerprint density at radius 2 is 2.11 bits per heavy atom. The van der Waals surface area contributed by atoms with Crippen molar-refractivity contribution in [2.75, 3.05) is 25.0 Å². The Labute approximate surface area is 114 Å². The number of aryl methyl sites for hydroxylation is 1. The number of benzene rings is 1. The monoisotopic (exact) mass is 255 g/mol. The van der Waals surface area contributed by atoms with E-state index in [1.54, 1.807) is 0 Å². The highest BCUT2D eigenvalue weighted by Gasteiger charge is 2.13. The van der Waals surface area contributed by atoms with Crippen molar-refractivity contribution < 1.29 is 0 Å². The third-order valence-corrected chi connectivity index (χ3v) is 4.02. The number of fused-ring (bicyclic) bond motifs is 1. The summed E-state index contributed by atoms with van der Waals surface area (Å²) in [5.74, 6) is 1.80. The molecule has 0 bridgehead atoms. The van der Waals surface area contributed by atoms with Crippen molar-refractivity contribution in [3.05, 3.63) is 36.0 Å². The molecule has 2 heterocycles. The SMILES string of the molecule is Cc1cccc2ccnc(NCC3CCNCC3)c12. The molecule has 1 aliphatic rings. The topological polar surface area (TPSA) is 37.0 Å². The molecular weight excluding hydrogens is 234 g/mol. The van der Waals surface area contributed by atoms with Crippen LogP contribution in [-0.4, -0.2) is 24.6 Å². The van der Waals surface area contributed by atoms with Crippen molar-refractivity contribution in [2.45, 2.75) is 19.8 Å². The van der Waals surface area contributed by atoms with Crippen LogP contribution in [0.15, 0.2) is 30.5 Å². The van der Waals surface area contributed by atoms with Crippen LogP contribution in [0, 0.1) is 12.8 Å². The van der Waals surface area contributed by atoms with E-state index in [9.17, 15) is 0 Å². The van der Waals surface area contributed by atoms with Crippen LogP contribution in [0.5, 0.6) is 0 Å². The normalized spacial score (nSPS) is 16.7. The summed E-state index contributed by atoms with van der Waals surface area (Å²) in [4.78, 5) is 4.53. The fourth-order valence-corrected chi connectivity index (χ4v) is 2.87. The minimum Gasteiger partial charge on any atom is -0.369 e. The molecule has 1 fully saturated rings. The van der Waals surface area contributed by atoms with Gasteiger partial charge in [-0.25, -0.2) is 4.98 Å². The molecule has 19 heavy (non-hydrogen) atoms. The second-order valence-corrected chi connectivity index (χ2v) is 5.41. The highest BCUT2D eigenvalue weighted by molar-refractivity contribution is 5.94. The molecule has 0 radical (unpaired) electrons. The van der Waals surface area contributed by atoms with Crippen molar-refractivity contribution in [3.63, 3.8) is 0 Å². The molecule has 3 rings (SSSR count). The second kappa shape index (κ2) is 5.57. The summed E-state index contributed by atoms with van der Waals surface area (Å²) < 4.78 is 0. The summed E-state index contributed by atoms with van der Waals surface area (Å²) in [6, 6.07) is 8.49. The molecule has 1 aromatic heterocycles. The quantitative estimate of drug-likeness (QED) is 0.885. The number of nitrogens with one attached hydrogen (secondary N) is 2. The van der Waals surface area contributed by atoms with Gasteiger partial charge in [0.1, 0.15) is 5.82 Å². The maximum atomic E-state index is 4.53. The van der Waals surface area contributed by atoms with Crippen LogP contribution in [0.3, 0.4) is 0 Å². The third-order valence-electron chi connectivity index (χ3n) is 4.02. The molecule has 3 heteroatoms. The van der Waals surface area contributed by atoms with Crippen molar-refractivity contribution >= 4 is 16.6 Å². The number of pyridine rings is 1. The Morgan fingerprint density at radius 3 is 2.95 bits per heavy atom. The summed E-state index contributed by atoms with van der Waals surface area (Å²) in [6.45, 7) is 5.48. The Bertz CT molecular complexity index is 554. The van der Waals surface area contributed by atoms with Gasteiger partial charge in [0.2, 0.25) is 0 Å². The van der Waals surface area contributed by atoms with E-state index >= 15 is 0 Å². The number of hydrogen-bond donors (Lipinski definition) is 2. The molecule has 2 aromatic rings. The number of hydrogen-bond acceptors (Lipinski definition) is 3. The van der Waals surface area contributed by atoms with E-state index in [4.69, 9.17) is 0 Å². The summed E-state index contributed by atoms with van der Waals surface area (Å²) in [6.07, 6.45) is 4.42. The lowest BCUT2D eigenvalue weighted by atomic mass is 9.98. The van der Waals surface area contributed by atoms with Crippen molar-refractivity contribution in [2.24, 2.45) is 5.92 Å². The van der Waals surface area contributed by atoms with Gasteiger partial charge in [-0.3, -0.25) is 0 Å². The van der Waals surface area contributed by atoms with Crippen LogP contribution in [0.2, 0.25) is 0 Å². The Morgan fingerprint density at radius 1 is 1.26 bits per heavy atom. The van der Waals surface area contributed by atoms with Gasteiger partial charge in [-0.2, -0.15) is 0 Å².